The zero-order valence-electron chi connectivity index (χ0n) is 10.9. The Kier molecular flexibility index (Phi) is 4.69. The predicted molar refractivity (Wildman–Crippen MR) is 81.7 cm³/mol. The molecule has 0 radical (unpaired) electrons. The minimum Gasteiger partial charge on any atom is -0.481 e. The predicted octanol–water partition coefficient (Wildman–Crippen LogP) is 4.71. The zero-order valence-corrected chi connectivity index (χ0v) is 12.4. The lowest BCUT2D eigenvalue weighted by atomic mass is 9.89. The van der Waals surface area contributed by atoms with E-state index in [2.05, 4.69) is 0 Å². The standard InChI is InChI=1S/C16H14Cl2O2/c1-10-4-2-3-5-13(10)14(16(19)20)9-11-8-12(17)6-7-15(11)18/h2-8,14H,9H2,1H3,(H,19,20). The van der Waals surface area contributed by atoms with Gasteiger partial charge in [-0.25, -0.2) is 0 Å². The monoisotopic (exact) mass is 308 g/mol. The number of hydrogen-bond acceptors (Lipinski definition) is 1. The van der Waals surface area contributed by atoms with E-state index < -0.39 is 11.9 Å². The zero-order chi connectivity index (χ0) is 14.7. The van der Waals surface area contributed by atoms with Crippen molar-refractivity contribution in [1.82, 2.24) is 0 Å². The lowest BCUT2D eigenvalue weighted by Crippen LogP contribution is -2.15. The van der Waals surface area contributed by atoms with Gasteiger partial charge in [0.2, 0.25) is 0 Å². The van der Waals surface area contributed by atoms with Gasteiger partial charge in [0.05, 0.1) is 5.92 Å². The summed E-state index contributed by atoms with van der Waals surface area (Å²) in [6, 6.07) is 12.6. The summed E-state index contributed by atoms with van der Waals surface area (Å²) in [6.45, 7) is 1.91. The second kappa shape index (κ2) is 6.29. The van der Waals surface area contributed by atoms with Crippen molar-refractivity contribution in [2.75, 3.05) is 0 Å². The molecule has 2 rings (SSSR count). The average molecular weight is 309 g/mol. The summed E-state index contributed by atoms with van der Waals surface area (Å²) >= 11 is 12.1. The first-order valence-electron chi connectivity index (χ1n) is 6.21. The molecule has 104 valence electrons. The number of aryl methyl sites for hydroxylation is 1. The van der Waals surface area contributed by atoms with E-state index in [1.165, 1.54) is 0 Å². The van der Waals surface area contributed by atoms with Gasteiger partial charge < -0.3 is 5.11 Å². The molecule has 0 fully saturated rings. The van der Waals surface area contributed by atoms with Crippen LogP contribution < -0.4 is 0 Å². The SMILES string of the molecule is Cc1ccccc1C(Cc1cc(Cl)ccc1Cl)C(=O)O. The maximum absolute atomic E-state index is 11.6. The highest BCUT2D eigenvalue weighted by Crippen LogP contribution is 2.29. The van der Waals surface area contributed by atoms with Crippen LogP contribution in [0.4, 0.5) is 0 Å². The highest BCUT2D eigenvalue weighted by atomic mass is 35.5. The Labute approximate surface area is 128 Å². The van der Waals surface area contributed by atoms with Gasteiger partial charge >= 0.3 is 5.97 Å². The smallest absolute Gasteiger partial charge is 0.311 e. The molecule has 0 amide bonds. The molecule has 0 aliphatic rings. The van der Waals surface area contributed by atoms with Crippen molar-refractivity contribution < 1.29 is 9.90 Å². The van der Waals surface area contributed by atoms with Crippen LogP contribution in [-0.2, 0) is 11.2 Å². The van der Waals surface area contributed by atoms with Crippen LogP contribution in [0.1, 0.15) is 22.6 Å². The molecule has 0 saturated carbocycles. The van der Waals surface area contributed by atoms with E-state index in [-0.39, 0.29) is 0 Å². The van der Waals surface area contributed by atoms with Crippen LogP contribution in [0.5, 0.6) is 0 Å². The number of carboxylic acids is 1. The normalized spacial score (nSPS) is 12.2. The van der Waals surface area contributed by atoms with Crippen molar-refractivity contribution in [3.63, 3.8) is 0 Å². The van der Waals surface area contributed by atoms with E-state index in [9.17, 15) is 9.90 Å². The second-order valence-electron chi connectivity index (χ2n) is 4.69. The summed E-state index contributed by atoms with van der Waals surface area (Å²) in [5.41, 5.74) is 2.50. The Morgan fingerprint density at radius 2 is 1.90 bits per heavy atom. The lowest BCUT2D eigenvalue weighted by Gasteiger charge is -2.16. The first-order valence-corrected chi connectivity index (χ1v) is 6.97. The minimum atomic E-state index is -0.865. The Balaban J connectivity index is 2.38. The molecule has 1 unspecified atom stereocenters. The number of rotatable bonds is 4. The van der Waals surface area contributed by atoms with Crippen LogP contribution in [0, 0.1) is 6.92 Å². The Bertz CT molecular complexity index is 638. The third-order valence-electron chi connectivity index (χ3n) is 3.29. The molecule has 2 aromatic rings. The number of carbonyl (C=O) groups is 1. The number of benzene rings is 2. The summed E-state index contributed by atoms with van der Waals surface area (Å²) in [5.74, 6) is -1.50. The largest absolute Gasteiger partial charge is 0.481 e. The van der Waals surface area contributed by atoms with Gasteiger partial charge in [0, 0.05) is 10.0 Å². The fourth-order valence-corrected chi connectivity index (χ4v) is 2.62. The van der Waals surface area contributed by atoms with Gasteiger partial charge in [-0.3, -0.25) is 4.79 Å². The molecule has 0 aliphatic carbocycles. The molecule has 20 heavy (non-hydrogen) atoms. The fourth-order valence-electron chi connectivity index (χ4n) is 2.23. The van der Waals surface area contributed by atoms with Crippen LogP contribution >= 0.6 is 23.2 Å². The molecule has 2 aromatic carbocycles. The van der Waals surface area contributed by atoms with E-state index in [4.69, 9.17) is 23.2 Å². The Morgan fingerprint density at radius 3 is 2.55 bits per heavy atom. The molecule has 2 nitrogen and oxygen atoms in total. The molecule has 0 aromatic heterocycles. The highest BCUT2D eigenvalue weighted by molar-refractivity contribution is 6.33. The van der Waals surface area contributed by atoms with E-state index in [0.29, 0.717) is 16.5 Å². The van der Waals surface area contributed by atoms with Gasteiger partial charge in [0.25, 0.3) is 0 Å². The highest BCUT2D eigenvalue weighted by Gasteiger charge is 2.22. The summed E-state index contributed by atoms with van der Waals surface area (Å²) < 4.78 is 0. The van der Waals surface area contributed by atoms with Crippen molar-refractivity contribution >= 4 is 29.2 Å². The molecule has 0 bridgehead atoms. The van der Waals surface area contributed by atoms with Crippen LogP contribution in [-0.4, -0.2) is 11.1 Å². The van der Waals surface area contributed by atoms with Gasteiger partial charge in [-0.1, -0.05) is 47.5 Å². The van der Waals surface area contributed by atoms with Crippen LogP contribution in [0.3, 0.4) is 0 Å². The molecule has 0 spiro atoms. The van der Waals surface area contributed by atoms with Crippen molar-refractivity contribution in [3.8, 4) is 0 Å². The van der Waals surface area contributed by atoms with Gasteiger partial charge in [0.1, 0.15) is 0 Å². The molecule has 1 atom stereocenters. The van der Waals surface area contributed by atoms with Crippen molar-refractivity contribution in [2.45, 2.75) is 19.3 Å². The topological polar surface area (TPSA) is 37.3 Å². The number of carboxylic acid groups (broad SMARTS) is 1. The molecule has 1 N–H and O–H groups in total. The minimum absolute atomic E-state index is 0.319. The molecule has 0 saturated heterocycles. The van der Waals surface area contributed by atoms with Crippen LogP contribution in [0.15, 0.2) is 42.5 Å². The molecule has 0 heterocycles. The fraction of sp³-hybridized carbons (Fsp3) is 0.188. The molecule has 4 heteroatoms. The number of hydrogen-bond donors (Lipinski definition) is 1. The lowest BCUT2D eigenvalue weighted by molar-refractivity contribution is -0.138. The summed E-state index contributed by atoms with van der Waals surface area (Å²) in [5, 5.41) is 10.6. The van der Waals surface area contributed by atoms with Crippen LogP contribution in [0.2, 0.25) is 10.0 Å². The second-order valence-corrected chi connectivity index (χ2v) is 5.53. The maximum atomic E-state index is 11.6. The summed E-state index contributed by atoms with van der Waals surface area (Å²) in [4.78, 5) is 11.6. The van der Waals surface area contributed by atoms with Gasteiger partial charge in [-0.2, -0.15) is 0 Å². The number of halogens is 2. The Morgan fingerprint density at radius 1 is 1.20 bits per heavy atom. The van der Waals surface area contributed by atoms with E-state index in [1.807, 2.05) is 31.2 Å². The molecular formula is C16H14Cl2O2. The van der Waals surface area contributed by atoms with Crippen LogP contribution in [0.25, 0.3) is 0 Å². The van der Waals surface area contributed by atoms with Gasteiger partial charge in [0.15, 0.2) is 0 Å². The van der Waals surface area contributed by atoms with Gasteiger partial charge in [-0.15, -0.1) is 0 Å². The van der Waals surface area contributed by atoms with E-state index >= 15 is 0 Å². The van der Waals surface area contributed by atoms with Crippen molar-refractivity contribution in [3.05, 3.63) is 69.2 Å². The number of aliphatic carboxylic acids is 1. The van der Waals surface area contributed by atoms with Crippen molar-refractivity contribution in [2.24, 2.45) is 0 Å². The summed E-state index contributed by atoms with van der Waals surface area (Å²) in [6.07, 6.45) is 0.319. The van der Waals surface area contributed by atoms with Gasteiger partial charge in [-0.05, 0) is 48.2 Å². The maximum Gasteiger partial charge on any atom is 0.311 e. The van der Waals surface area contributed by atoms with Crippen molar-refractivity contribution in [1.29, 1.82) is 0 Å². The first-order chi connectivity index (χ1) is 9.49. The van der Waals surface area contributed by atoms with E-state index in [0.717, 1.165) is 16.7 Å². The molecule has 0 aliphatic heterocycles. The third kappa shape index (κ3) is 3.33. The average Bonchev–Trinajstić information content (AvgIpc) is 2.40. The Hall–Kier alpha value is -1.51. The third-order valence-corrected chi connectivity index (χ3v) is 3.90. The van der Waals surface area contributed by atoms with E-state index in [1.54, 1.807) is 18.2 Å². The quantitative estimate of drug-likeness (QED) is 0.888. The summed E-state index contributed by atoms with van der Waals surface area (Å²) in [7, 11) is 0. The first kappa shape index (κ1) is 14.9. The molecular weight excluding hydrogens is 295 g/mol.